The SMILES string of the molecule is CCCCS(=O)(=O)NCCNC(=O)c1ccccc1. The number of hydrogen-bond donors (Lipinski definition) is 2. The quantitative estimate of drug-likeness (QED) is 0.703. The van der Waals surface area contributed by atoms with Crippen molar-refractivity contribution in [2.45, 2.75) is 19.8 Å². The average Bonchev–Trinajstić information content (AvgIpc) is 2.42. The van der Waals surface area contributed by atoms with E-state index in [2.05, 4.69) is 10.0 Å². The minimum atomic E-state index is -3.21. The van der Waals surface area contributed by atoms with Gasteiger partial charge in [0, 0.05) is 18.7 Å². The summed E-state index contributed by atoms with van der Waals surface area (Å²) in [5.74, 6) is -0.0655. The van der Waals surface area contributed by atoms with Crippen LogP contribution >= 0.6 is 0 Å². The fourth-order valence-corrected chi connectivity index (χ4v) is 2.71. The van der Waals surface area contributed by atoms with Gasteiger partial charge in [-0.15, -0.1) is 0 Å². The zero-order valence-electron chi connectivity index (χ0n) is 11.1. The minimum Gasteiger partial charge on any atom is -0.351 e. The third kappa shape index (κ3) is 6.35. The number of rotatable bonds is 8. The molecular formula is C13H20N2O3S. The topological polar surface area (TPSA) is 75.3 Å². The van der Waals surface area contributed by atoms with E-state index in [0.29, 0.717) is 12.0 Å². The molecule has 19 heavy (non-hydrogen) atoms. The van der Waals surface area contributed by atoms with Crippen molar-refractivity contribution < 1.29 is 13.2 Å². The number of hydrogen-bond acceptors (Lipinski definition) is 3. The molecule has 0 radical (unpaired) electrons. The standard InChI is InChI=1S/C13H20N2O3S/c1-2-3-11-19(17,18)15-10-9-14-13(16)12-7-5-4-6-8-12/h4-8,15H,2-3,9-11H2,1H3,(H,14,16). The Bertz CT molecular complexity index is 486. The Labute approximate surface area is 114 Å². The summed E-state index contributed by atoms with van der Waals surface area (Å²) in [6.45, 7) is 2.43. The maximum atomic E-state index is 11.7. The lowest BCUT2D eigenvalue weighted by Crippen LogP contribution is -2.35. The van der Waals surface area contributed by atoms with E-state index in [1.807, 2.05) is 13.0 Å². The summed E-state index contributed by atoms with van der Waals surface area (Å²) in [5, 5.41) is 2.66. The largest absolute Gasteiger partial charge is 0.351 e. The zero-order chi connectivity index (χ0) is 14.1. The van der Waals surface area contributed by atoms with Crippen LogP contribution in [-0.2, 0) is 10.0 Å². The molecule has 0 saturated carbocycles. The van der Waals surface area contributed by atoms with Gasteiger partial charge in [0.1, 0.15) is 0 Å². The van der Waals surface area contributed by atoms with Crippen molar-refractivity contribution in [2.75, 3.05) is 18.8 Å². The van der Waals surface area contributed by atoms with Gasteiger partial charge < -0.3 is 5.32 Å². The van der Waals surface area contributed by atoms with Crippen LogP contribution in [0.2, 0.25) is 0 Å². The van der Waals surface area contributed by atoms with Crippen LogP contribution in [0.25, 0.3) is 0 Å². The second-order valence-electron chi connectivity index (χ2n) is 4.19. The second-order valence-corrected chi connectivity index (χ2v) is 6.12. The molecule has 0 fully saturated rings. The molecule has 0 spiro atoms. The zero-order valence-corrected chi connectivity index (χ0v) is 11.9. The van der Waals surface area contributed by atoms with Gasteiger partial charge in [0.25, 0.3) is 5.91 Å². The lowest BCUT2D eigenvalue weighted by molar-refractivity contribution is 0.0954. The highest BCUT2D eigenvalue weighted by Crippen LogP contribution is 1.97. The van der Waals surface area contributed by atoms with Gasteiger partial charge in [0.2, 0.25) is 10.0 Å². The van der Waals surface area contributed by atoms with Gasteiger partial charge in [-0.25, -0.2) is 13.1 Å². The molecule has 0 aliphatic rings. The van der Waals surface area contributed by atoms with Crippen LogP contribution in [0, 0.1) is 0 Å². The van der Waals surface area contributed by atoms with Gasteiger partial charge in [-0.3, -0.25) is 4.79 Å². The molecule has 5 nitrogen and oxygen atoms in total. The Hall–Kier alpha value is -1.40. The number of unbranched alkanes of at least 4 members (excludes halogenated alkanes) is 1. The van der Waals surface area contributed by atoms with Crippen LogP contribution in [0.5, 0.6) is 0 Å². The molecule has 1 rings (SSSR count). The van der Waals surface area contributed by atoms with E-state index >= 15 is 0 Å². The molecule has 1 aromatic rings. The predicted molar refractivity (Wildman–Crippen MR) is 75.5 cm³/mol. The van der Waals surface area contributed by atoms with E-state index in [0.717, 1.165) is 6.42 Å². The molecule has 106 valence electrons. The molecule has 0 aromatic heterocycles. The highest BCUT2D eigenvalue weighted by molar-refractivity contribution is 7.89. The maximum Gasteiger partial charge on any atom is 0.251 e. The number of benzene rings is 1. The molecule has 1 aromatic carbocycles. The first-order chi connectivity index (χ1) is 9.05. The number of carbonyl (C=O) groups is 1. The van der Waals surface area contributed by atoms with Crippen molar-refractivity contribution in [2.24, 2.45) is 0 Å². The summed E-state index contributed by atoms with van der Waals surface area (Å²) in [5.41, 5.74) is 0.566. The van der Waals surface area contributed by atoms with Gasteiger partial charge in [-0.05, 0) is 18.6 Å². The van der Waals surface area contributed by atoms with Crippen LogP contribution in [0.4, 0.5) is 0 Å². The number of amides is 1. The molecule has 0 saturated heterocycles. The van der Waals surface area contributed by atoms with Gasteiger partial charge in [-0.2, -0.15) is 0 Å². The third-order valence-electron chi connectivity index (χ3n) is 2.54. The molecule has 0 bridgehead atoms. The van der Waals surface area contributed by atoms with Crippen molar-refractivity contribution >= 4 is 15.9 Å². The van der Waals surface area contributed by atoms with Crippen LogP contribution in [0.15, 0.2) is 30.3 Å². The summed E-state index contributed by atoms with van der Waals surface area (Å²) in [6.07, 6.45) is 1.48. The van der Waals surface area contributed by atoms with E-state index in [4.69, 9.17) is 0 Å². The summed E-state index contributed by atoms with van der Waals surface area (Å²) in [7, 11) is -3.21. The van der Waals surface area contributed by atoms with E-state index in [1.165, 1.54) is 0 Å². The molecule has 6 heteroatoms. The molecule has 2 N–H and O–H groups in total. The molecule has 0 aliphatic heterocycles. The van der Waals surface area contributed by atoms with Gasteiger partial charge in [0.05, 0.1) is 5.75 Å². The lowest BCUT2D eigenvalue weighted by atomic mass is 10.2. The summed E-state index contributed by atoms with van der Waals surface area (Å²) < 4.78 is 25.4. The Kier molecular flexibility index (Phi) is 6.52. The number of sulfonamides is 1. The van der Waals surface area contributed by atoms with Crippen molar-refractivity contribution in [3.05, 3.63) is 35.9 Å². The van der Waals surface area contributed by atoms with Crippen molar-refractivity contribution in [3.63, 3.8) is 0 Å². The molecule has 0 heterocycles. The van der Waals surface area contributed by atoms with Crippen molar-refractivity contribution in [1.29, 1.82) is 0 Å². The van der Waals surface area contributed by atoms with Crippen molar-refractivity contribution in [1.82, 2.24) is 10.0 Å². The Morgan fingerprint density at radius 2 is 1.84 bits per heavy atom. The Balaban J connectivity index is 2.26. The molecule has 1 amide bonds. The maximum absolute atomic E-state index is 11.7. The smallest absolute Gasteiger partial charge is 0.251 e. The monoisotopic (exact) mass is 284 g/mol. The first-order valence-corrected chi connectivity index (χ1v) is 8.01. The molecular weight excluding hydrogens is 264 g/mol. The summed E-state index contributed by atoms with van der Waals surface area (Å²) >= 11 is 0. The molecule has 0 unspecified atom stereocenters. The van der Waals surface area contributed by atoms with Crippen LogP contribution in [-0.4, -0.2) is 33.2 Å². The van der Waals surface area contributed by atoms with E-state index in [-0.39, 0.29) is 24.7 Å². The normalized spacial score (nSPS) is 11.2. The summed E-state index contributed by atoms with van der Waals surface area (Å²) in [4.78, 5) is 11.7. The molecule has 0 aliphatic carbocycles. The van der Waals surface area contributed by atoms with E-state index in [9.17, 15) is 13.2 Å². The fraction of sp³-hybridized carbons (Fsp3) is 0.462. The van der Waals surface area contributed by atoms with Gasteiger partial charge in [-0.1, -0.05) is 31.5 Å². The first kappa shape index (κ1) is 15.7. The lowest BCUT2D eigenvalue weighted by Gasteiger charge is -2.07. The summed E-state index contributed by atoms with van der Waals surface area (Å²) in [6, 6.07) is 8.81. The Morgan fingerprint density at radius 1 is 1.16 bits per heavy atom. The second kappa shape index (κ2) is 7.91. The van der Waals surface area contributed by atoms with E-state index < -0.39 is 10.0 Å². The fourth-order valence-electron chi connectivity index (χ4n) is 1.48. The highest BCUT2D eigenvalue weighted by Gasteiger charge is 2.08. The number of carbonyl (C=O) groups excluding carboxylic acids is 1. The predicted octanol–water partition coefficient (Wildman–Crippen LogP) is 1.14. The van der Waals surface area contributed by atoms with E-state index in [1.54, 1.807) is 24.3 Å². The third-order valence-corrected chi connectivity index (χ3v) is 4.01. The van der Waals surface area contributed by atoms with Gasteiger partial charge in [0.15, 0.2) is 0 Å². The number of nitrogens with one attached hydrogen (secondary N) is 2. The Morgan fingerprint density at radius 3 is 2.47 bits per heavy atom. The van der Waals surface area contributed by atoms with Crippen LogP contribution in [0.3, 0.4) is 0 Å². The minimum absolute atomic E-state index is 0.135. The van der Waals surface area contributed by atoms with Crippen molar-refractivity contribution in [3.8, 4) is 0 Å². The molecule has 0 atom stereocenters. The van der Waals surface area contributed by atoms with Crippen LogP contribution < -0.4 is 10.0 Å². The van der Waals surface area contributed by atoms with Gasteiger partial charge >= 0.3 is 0 Å². The first-order valence-electron chi connectivity index (χ1n) is 6.36. The average molecular weight is 284 g/mol. The highest BCUT2D eigenvalue weighted by atomic mass is 32.2. The van der Waals surface area contributed by atoms with Crippen LogP contribution in [0.1, 0.15) is 30.1 Å².